The first-order chi connectivity index (χ1) is 16.5. The number of hydrogen-bond donors (Lipinski definition) is 0. The quantitative estimate of drug-likeness (QED) is 0.465. The van der Waals surface area contributed by atoms with Crippen LogP contribution < -0.4 is 19.1 Å². The van der Waals surface area contributed by atoms with E-state index in [1.165, 1.54) is 0 Å². The molecule has 1 heterocycles. The van der Waals surface area contributed by atoms with E-state index in [-0.39, 0.29) is 12.5 Å². The largest absolute Gasteiger partial charge is 0.497 e. The van der Waals surface area contributed by atoms with Crippen LogP contribution in [-0.2, 0) is 6.61 Å². The number of benzene rings is 3. The Morgan fingerprint density at radius 2 is 1.59 bits per heavy atom. The lowest BCUT2D eigenvalue weighted by Crippen LogP contribution is -2.48. The topological polar surface area (TPSA) is 51.2 Å². The van der Waals surface area contributed by atoms with Gasteiger partial charge in [0, 0.05) is 48.0 Å². The third-order valence-electron chi connectivity index (χ3n) is 6.06. The maximum absolute atomic E-state index is 13.2. The van der Waals surface area contributed by atoms with Gasteiger partial charge in [0.05, 0.1) is 14.2 Å². The van der Waals surface area contributed by atoms with E-state index in [4.69, 9.17) is 25.8 Å². The smallest absolute Gasteiger partial charge is 0.253 e. The molecule has 34 heavy (non-hydrogen) atoms. The fourth-order valence-electron chi connectivity index (χ4n) is 4.04. The molecule has 7 heteroatoms. The number of methoxy groups -OCH3 is 2. The second-order valence-corrected chi connectivity index (χ2v) is 8.61. The number of halogens is 1. The third kappa shape index (κ3) is 5.39. The SMILES string of the molecule is COc1ccc(N2CCN(C(=O)c3ccc(OC)c(COc4ccc(Cl)c(C)c4)c3)CC2)cc1. The Labute approximate surface area is 205 Å². The van der Waals surface area contributed by atoms with Crippen molar-refractivity contribution in [1.82, 2.24) is 4.90 Å². The molecule has 4 rings (SSSR count). The zero-order valence-electron chi connectivity index (χ0n) is 19.7. The monoisotopic (exact) mass is 480 g/mol. The molecular weight excluding hydrogens is 452 g/mol. The van der Waals surface area contributed by atoms with Crippen LogP contribution in [0.25, 0.3) is 0 Å². The van der Waals surface area contributed by atoms with E-state index in [1.807, 2.05) is 72.5 Å². The van der Waals surface area contributed by atoms with Crippen molar-refractivity contribution in [2.75, 3.05) is 45.3 Å². The van der Waals surface area contributed by atoms with Gasteiger partial charge in [0.2, 0.25) is 0 Å². The second kappa shape index (κ2) is 10.7. The first kappa shape index (κ1) is 23.8. The van der Waals surface area contributed by atoms with Gasteiger partial charge in [0.1, 0.15) is 23.9 Å². The molecule has 178 valence electrons. The Kier molecular flexibility index (Phi) is 7.48. The number of hydrogen-bond acceptors (Lipinski definition) is 5. The highest BCUT2D eigenvalue weighted by Crippen LogP contribution is 2.26. The van der Waals surface area contributed by atoms with Crippen LogP contribution in [0.5, 0.6) is 17.2 Å². The Balaban J connectivity index is 1.41. The third-order valence-corrected chi connectivity index (χ3v) is 6.48. The summed E-state index contributed by atoms with van der Waals surface area (Å²) in [6.45, 7) is 5.10. The van der Waals surface area contributed by atoms with E-state index >= 15 is 0 Å². The number of nitrogens with zero attached hydrogens (tertiary/aromatic N) is 2. The molecule has 0 N–H and O–H groups in total. The number of amides is 1. The fraction of sp³-hybridized carbons (Fsp3) is 0.296. The molecule has 1 fully saturated rings. The molecule has 0 radical (unpaired) electrons. The zero-order chi connectivity index (χ0) is 24.1. The molecule has 0 aromatic heterocycles. The van der Waals surface area contributed by atoms with E-state index in [0.29, 0.717) is 29.4 Å². The van der Waals surface area contributed by atoms with Gasteiger partial charge in [-0.25, -0.2) is 0 Å². The van der Waals surface area contributed by atoms with Crippen LogP contribution in [0.1, 0.15) is 21.5 Å². The van der Waals surface area contributed by atoms with E-state index in [9.17, 15) is 4.79 Å². The fourth-order valence-corrected chi connectivity index (χ4v) is 4.15. The lowest BCUT2D eigenvalue weighted by molar-refractivity contribution is 0.0746. The van der Waals surface area contributed by atoms with Crippen molar-refractivity contribution < 1.29 is 19.0 Å². The van der Waals surface area contributed by atoms with Crippen molar-refractivity contribution in [1.29, 1.82) is 0 Å². The molecular formula is C27H29ClN2O4. The average molecular weight is 481 g/mol. The molecule has 0 saturated carbocycles. The van der Waals surface area contributed by atoms with Crippen LogP contribution in [0, 0.1) is 6.92 Å². The van der Waals surface area contributed by atoms with Crippen molar-refractivity contribution in [2.24, 2.45) is 0 Å². The van der Waals surface area contributed by atoms with Gasteiger partial charge in [0.25, 0.3) is 5.91 Å². The van der Waals surface area contributed by atoms with Crippen molar-refractivity contribution in [2.45, 2.75) is 13.5 Å². The summed E-state index contributed by atoms with van der Waals surface area (Å²) in [6.07, 6.45) is 0. The number of carbonyl (C=O) groups excluding carboxylic acids is 1. The highest BCUT2D eigenvalue weighted by atomic mass is 35.5. The highest BCUT2D eigenvalue weighted by Gasteiger charge is 2.23. The van der Waals surface area contributed by atoms with Gasteiger partial charge in [0.15, 0.2) is 0 Å². The van der Waals surface area contributed by atoms with Gasteiger partial charge in [-0.05, 0) is 73.2 Å². The maximum atomic E-state index is 13.2. The summed E-state index contributed by atoms with van der Waals surface area (Å²) in [5.41, 5.74) is 3.53. The van der Waals surface area contributed by atoms with Gasteiger partial charge in [-0.2, -0.15) is 0 Å². The predicted octanol–water partition coefficient (Wildman–Crippen LogP) is 5.21. The Morgan fingerprint density at radius 1 is 0.882 bits per heavy atom. The lowest BCUT2D eigenvalue weighted by atomic mass is 10.1. The lowest BCUT2D eigenvalue weighted by Gasteiger charge is -2.36. The molecule has 1 aliphatic heterocycles. The first-order valence-corrected chi connectivity index (χ1v) is 11.6. The minimum atomic E-state index is 0.0145. The predicted molar refractivity (Wildman–Crippen MR) is 135 cm³/mol. The number of aryl methyl sites for hydroxylation is 1. The number of rotatable bonds is 7. The van der Waals surface area contributed by atoms with Crippen molar-refractivity contribution >= 4 is 23.2 Å². The van der Waals surface area contributed by atoms with Crippen molar-refractivity contribution in [3.63, 3.8) is 0 Å². The minimum Gasteiger partial charge on any atom is -0.497 e. The second-order valence-electron chi connectivity index (χ2n) is 8.20. The summed E-state index contributed by atoms with van der Waals surface area (Å²) in [5, 5.41) is 0.699. The van der Waals surface area contributed by atoms with E-state index in [2.05, 4.69) is 4.90 Å². The summed E-state index contributed by atoms with van der Waals surface area (Å²) in [4.78, 5) is 17.4. The first-order valence-electron chi connectivity index (χ1n) is 11.2. The van der Waals surface area contributed by atoms with Crippen molar-refractivity contribution in [3.8, 4) is 17.2 Å². The summed E-state index contributed by atoms with van der Waals surface area (Å²) >= 11 is 6.11. The molecule has 6 nitrogen and oxygen atoms in total. The highest BCUT2D eigenvalue weighted by molar-refractivity contribution is 6.31. The summed E-state index contributed by atoms with van der Waals surface area (Å²) in [5.74, 6) is 2.26. The molecule has 1 amide bonds. The number of carbonyl (C=O) groups is 1. The zero-order valence-corrected chi connectivity index (χ0v) is 20.5. The molecule has 1 saturated heterocycles. The molecule has 0 spiro atoms. The number of ether oxygens (including phenoxy) is 3. The van der Waals surface area contributed by atoms with Crippen LogP contribution in [0.4, 0.5) is 5.69 Å². The molecule has 1 aliphatic rings. The van der Waals surface area contributed by atoms with E-state index < -0.39 is 0 Å². The Hall–Kier alpha value is -3.38. The Bertz CT molecular complexity index is 1140. The van der Waals surface area contributed by atoms with Crippen molar-refractivity contribution in [3.05, 3.63) is 82.4 Å². The Morgan fingerprint density at radius 3 is 2.24 bits per heavy atom. The van der Waals surface area contributed by atoms with E-state index in [0.717, 1.165) is 41.4 Å². The average Bonchev–Trinajstić information content (AvgIpc) is 2.89. The van der Waals surface area contributed by atoms with Gasteiger partial charge in [-0.3, -0.25) is 4.79 Å². The molecule has 0 unspecified atom stereocenters. The van der Waals surface area contributed by atoms with Crippen LogP contribution in [0.3, 0.4) is 0 Å². The van der Waals surface area contributed by atoms with Crippen LogP contribution in [0.15, 0.2) is 60.7 Å². The molecule has 3 aromatic carbocycles. The van der Waals surface area contributed by atoms with Gasteiger partial charge >= 0.3 is 0 Å². The normalized spacial score (nSPS) is 13.5. The molecule has 0 atom stereocenters. The summed E-state index contributed by atoms with van der Waals surface area (Å²) in [7, 11) is 3.28. The summed E-state index contributed by atoms with van der Waals surface area (Å²) < 4.78 is 16.7. The van der Waals surface area contributed by atoms with Gasteiger partial charge < -0.3 is 24.0 Å². The molecule has 0 aliphatic carbocycles. The molecule has 0 bridgehead atoms. The van der Waals surface area contributed by atoms with Crippen LogP contribution >= 0.6 is 11.6 Å². The number of piperazine rings is 1. The molecule has 3 aromatic rings. The standard InChI is InChI=1S/C27H29ClN2O4/c1-19-16-24(9-10-25(19)28)34-18-21-17-20(4-11-26(21)33-3)27(31)30-14-12-29(13-15-30)22-5-7-23(32-2)8-6-22/h4-11,16-17H,12-15,18H2,1-3H3. The van der Waals surface area contributed by atoms with Gasteiger partial charge in [-0.15, -0.1) is 0 Å². The van der Waals surface area contributed by atoms with Gasteiger partial charge in [-0.1, -0.05) is 11.6 Å². The van der Waals surface area contributed by atoms with Crippen LogP contribution in [-0.4, -0.2) is 51.2 Å². The number of anilines is 1. The van der Waals surface area contributed by atoms with Crippen LogP contribution in [0.2, 0.25) is 5.02 Å². The summed E-state index contributed by atoms with van der Waals surface area (Å²) in [6, 6.07) is 19.1. The van der Waals surface area contributed by atoms with E-state index in [1.54, 1.807) is 14.2 Å². The maximum Gasteiger partial charge on any atom is 0.253 e. The minimum absolute atomic E-state index is 0.0145.